The maximum Gasteiger partial charge on any atom is 0.349 e. The largest absolute Gasteiger partial charge is 0.465 e. The number of aromatic nitrogens is 3. The number of nitrogens with zero attached hydrogens (tertiary/aromatic N) is 4. The fraction of sp³-hybridized carbons (Fsp3) is 0.438. The van der Waals surface area contributed by atoms with Gasteiger partial charge in [-0.25, -0.2) is 22.7 Å². The zero-order valence-electron chi connectivity index (χ0n) is 17.3. The molecule has 31 heavy (non-hydrogen) atoms. The highest BCUT2D eigenvalue weighted by Crippen LogP contribution is 2.23. The Morgan fingerprint density at radius 2 is 1.90 bits per heavy atom. The summed E-state index contributed by atoms with van der Waals surface area (Å²) in [6.07, 6.45) is 0. The van der Waals surface area contributed by atoms with Crippen LogP contribution in [-0.4, -0.2) is 62.1 Å². The molecule has 2 aromatic heterocycles. The Hall–Kier alpha value is -2.65. The average Bonchev–Trinajstić information content (AvgIpc) is 3.24. The van der Waals surface area contributed by atoms with Gasteiger partial charge in [-0.1, -0.05) is 0 Å². The van der Waals surface area contributed by atoms with Gasteiger partial charge in [-0.2, -0.15) is 15.0 Å². The minimum atomic E-state index is -4.29. The van der Waals surface area contributed by atoms with E-state index in [-0.39, 0.29) is 14.9 Å². The molecule has 2 rings (SSSR count). The molecule has 0 aliphatic carbocycles. The topological polar surface area (TPSA) is 156 Å². The van der Waals surface area contributed by atoms with Gasteiger partial charge in [0.15, 0.2) is 0 Å². The Morgan fingerprint density at radius 3 is 2.52 bits per heavy atom. The van der Waals surface area contributed by atoms with Gasteiger partial charge in [0.25, 0.3) is 10.0 Å². The van der Waals surface area contributed by atoms with Gasteiger partial charge >= 0.3 is 12.0 Å². The predicted molar refractivity (Wildman–Crippen MR) is 118 cm³/mol. The zero-order chi connectivity index (χ0) is 23.0. The average molecular weight is 490 g/mol. The van der Waals surface area contributed by atoms with Crippen molar-refractivity contribution >= 4 is 57.2 Å². The first-order valence-electron chi connectivity index (χ1n) is 9.15. The molecule has 0 bridgehead atoms. The van der Waals surface area contributed by atoms with Crippen LogP contribution in [0.3, 0.4) is 0 Å². The van der Waals surface area contributed by atoms with Crippen molar-refractivity contribution in [2.75, 3.05) is 37.0 Å². The van der Waals surface area contributed by atoms with Crippen LogP contribution in [0.5, 0.6) is 0 Å². The van der Waals surface area contributed by atoms with Crippen LogP contribution >= 0.6 is 23.3 Å². The highest BCUT2D eigenvalue weighted by molar-refractivity contribution is 7.98. The Bertz CT molecular complexity index is 1020. The fourth-order valence-corrected chi connectivity index (χ4v) is 5.12. The van der Waals surface area contributed by atoms with Crippen LogP contribution in [0, 0.1) is 0 Å². The molecule has 0 unspecified atom stereocenters. The summed E-state index contributed by atoms with van der Waals surface area (Å²) < 4.78 is 33.7. The molecule has 3 N–H and O–H groups in total. The maximum absolute atomic E-state index is 12.5. The van der Waals surface area contributed by atoms with Crippen molar-refractivity contribution in [3.05, 3.63) is 16.3 Å². The molecular weight excluding hydrogens is 466 g/mol. The first-order chi connectivity index (χ1) is 14.7. The monoisotopic (exact) mass is 489 g/mol. The van der Waals surface area contributed by atoms with E-state index in [1.165, 1.54) is 11.4 Å². The number of hydrogen-bond acceptors (Lipinski definition) is 12. The van der Waals surface area contributed by atoms with Crippen molar-refractivity contribution in [3.8, 4) is 0 Å². The van der Waals surface area contributed by atoms with E-state index in [1.54, 1.807) is 0 Å². The number of ether oxygens (including phenoxy) is 1. The smallest absolute Gasteiger partial charge is 0.349 e. The van der Waals surface area contributed by atoms with Crippen LogP contribution in [0.4, 0.5) is 16.7 Å². The summed E-state index contributed by atoms with van der Waals surface area (Å²) in [5.74, 6) is -0.0535. The van der Waals surface area contributed by atoms with Crippen LogP contribution in [0.15, 0.2) is 21.5 Å². The van der Waals surface area contributed by atoms with E-state index < -0.39 is 22.0 Å². The second kappa shape index (κ2) is 11.1. The van der Waals surface area contributed by atoms with Gasteiger partial charge in [0.05, 0.1) is 7.11 Å². The molecule has 0 atom stereocenters. The van der Waals surface area contributed by atoms with Gasteiger partial charge in [0.2, 0.25) is 17.1 Å². The molecule has 0 fully saturated rings. The number of thiophene rings is 1. The van der Waals surface area contributed by atoms with Crippen LogP contribution < -0.4 is 19.7 Å². The van der Waals surface area contributed by atoms with Crippen LogP contribution in [0.1, 0.15) is 30.4 Å². The maximum atomic E-state index is 12.5. The summed E-state index contributed by atoms with van der Waals surface area (Å²) in [4.78, 5) is 38.2. The first-order valence-corrected chi connectivity index (χ1v) is 12.3. The number of urea groups is 1. The van der Waals surface area contributed by atoms with Crippen molar-refractivity contribution in [2.24, 2.45) is 0 Å². The van der Waals surface area contributed by atoms with Gasteiger partial charge in [0.1, 0.15) is 9.77 Å². The number of methoxy groups -OCH3 is 1. The summed E-state index contributed by atoms with van der Waals surface area (Å²) in [7, 11) is -3.16. The first kappa shape index (κ1) is 24.6. The fourth-order valence-electron chi connectivity index (χ4n) is 2.32. The minimum absolute atomic E-state index is 0.132. The highest BCUT2D eigenvalue weighted by atomic mass is 32.2. The third-order valence-corrected chi connectivity index (χ3v) is 6.79. The summed E-state index contributed by atoms with van der Waals surface area (Å²) in [5, 5.41) is 4.57. The zero-order valence-corrected chi connectivity index (χ0v) is 19.8. The van der Waals surface area contributed by atoms with Gasteiger partial charge in [0, 0.05) is 31.6 Å². The van der Waals surface area contributed by atoms with E-state index in [0.717, 1.165) is 30.4 Å². The summed E-state index contributed by atoms with van der Waals surface area (Å²) in [6, 6.07) is 0.187. The summed E-state index contributed by atoms with van der Waals surface area (Å²) in [5.41, 5.74) is 0. The van der Waals surface area contributed by atoms with Gasteiger partial charge in [-0.15, -0.1) is 11.3 Å². The second-order valence-corrected chi connectivity index (χ2v) is 9.03. The molecule has 0 saturated heterocycles. The number of sulfonamides is 1. The van der Waals surface area contributed by atoms with E-state index >= 15 is 0 Å². The lowest BCUT2D eigenvalue weighted by Crippen LogP contribution is -2.36. The quantitative estimate of drug-likeness (QED) is 0.330. The van der Waals surface area contributed by atoms with E-state index in [0.29, 0.717) is 31.5 Å². The molecule has 0 saturated carbocycles. The molecule has 12 nitrogen and oxygen atoms in total. The molecule has 0 aliphatic rings. The van der Waals surface area contributed by atoms with Crippen LogP contribution in [0.2, 0.25) is 0 Å². The van der Waals surface area contributed by atoms with E-state index in [1.807, 2.05) is 30.4 Å². The van der Waals surface area contributed by atoms with Crippen LogP contribution in [-0.2, 0) is 14.8 Å². The molecule has 2 aromatic rings. The van der Waals surface area contributed by atoms with Crippen molar-refractivity contribution in [3.63, 3.8) is 0 Å². The molecule has 0 aliphatic heterocycles. The Labute approximate surface area is 188 Å². The lowest BCUT2D eigenvalue weighted by molar-refractivity contribution is 0.0602. The standard InChI is InChI=1S/C16H23N7O5S3/c1-5-17-13-18-14(23(6-2)7-3)20-16(19-13)30-21-15(25)22-31(26,27)10-8-9-29-11(10)12(24)28-4/h8-9H,5-7H2,1-4H3,(H2,21,22,25)(H,17,18,19,20). The number of carbonyl (C=O) groups is 2. The molecule has 0 aromatic carbocycles. The van der Waals surface area contributed by atoms with Gasteiger partial charge in [-0.05, 0) is 32.2 Å². The molecule has 170 valence electrons. The second-order valence-electron chi connectivity index (χ2n) is 5.69. The third kappa shape index (κ3) is 6.41. The SMILES string of the molecule is CCNc1nc(SNC(=O)NS(=O)(=O)c2ccsc2C(=O)OC)nc(N(CC)CC)n1. The van der Waals surface area contributed by atoms with Gasteiger partial charge < -0.3 is 15.0 Å². The molecule has 2 amide bonds. The Balaban J connectivity index is 2.13. The number of anilines is 2. The lowest BCUT2D eigenvalue weighted by atomic mass is 10.5. The van der Waals surface area contributed by atoms with Crippen LogP contribution in [0.25, 0.3) is 0 Å². The number of esters is 1. The van der Waals surface area contributed by atoms with E-state index in [9.17, 15) is 18.0 Å². The van der Waals surface area contributed by atoms with Crippen molar-refractivity contribution in [1.82, 2.24) is 24.4 Å². The molecule has 15 heteroatoms. The molecule has 0 spiro atoms. The lowest BCUT2D eigenvalue weighted by Gasteiger charge is -2.19. The predicted octanol–water partition coefficient (Wildman–Crippen LogP) is 1.69. The molecule has 0 radical (unpaired) electrons. The number of hydrogen-bond donors (Lipinski definition) is 3. The number of nitrogens with one attached hydrogen (secondary N) is 3. The van der Waals surface area contributed by atoms with E-state index in [2.05, 4.69) is 29.7 Å². The minimum Gasteiger partial charge on any atom is -0.465 e. The van der Waals surface area contributed by atoms with Crippen molar-refractivity contribution in [1.29, 1.82) is 0 Å². The van der Waals surface area contributed by atoms with E-state index in [4.69, 9.17) is 0 Å². The third-order valence-electron chi connectivity index (χ3n) is 3.74. The Morgan fingerprint density at radius 1 is 1.19 bits per heavy atom. The summed E-state index contributed by atoms with van der Waals surface area (Å²) in [6.45, 7) is 7.72. The number of amides is 2. The molecular formula is C16H23N7O5S3. The summed E-state index contributed by atoms with van der Waals surface area (Å²) >= 11 is 1.62. The van der Waals surface area contributed by atoms with Crippen molar-refractivity contribution in [2.45, 2.75) is 30.8 Å². The highest BCUT2D eigenvalue weighted by Gasteiger charge is 2.26. The molecule has 2 heterocycles. The number of rotatable bonds is 10. The van der Waals surface area contributed by atoms with Gasteiger partial charge in [-0.3, -0.25) is 4.72 Å². The Kier molecular flexibility index (Phi) is 8.82. The number of carbonyl (C=O) groups excluding carboxylic acids is 2. The normalized spacial score (nSPS) is 11.0. The van der Waals surface area contributed by atoms with Crippen molar-refractivity contribution < 1.29 is 22.7 Å².